The lowest BCUT2D eigenvalue weighted by Gasteiger charge is -2.22. The number of halogens is 2. The van der Waals surface area contributed by atoms with Crippen LogP contribution in [-0.4, -0.2) is 47.0 Å². The molecule has 0 saturated heterocycles. The van der Waals surface area contributed by atoms with Crippen molar-refractivity contribution in [3.8, 4) is 11.5 Å². The summed E-state index contributed by atoms with van der Waals surface area (Å²) in [5.41, 5.74) is -0.461. The van der Waals surface area contributed by atoms with Crippen LogP contribution in [0, 0.1) is 17.0 Å². The molecule has 2 N–H and O–H groups in total. The third-order valence-corrected chi connectivity index (χ3v) is 9.29. The molecule has 49 heavy (non-hydrogen) atoms. The van der Waals surface area contributed by atoms with Gasteiger partial charge in [-0.3, -0.25) is 24.4 Å². The molecule has 1 aromatic heterocycles. The SMILES string of the molecule is COc1cc(/C=C2\N=C(c3ccccc3)N(n3c(C)nc4ccc(S(=O)(=O)Nc5c(Cl)cc([N+](=O)[O-])cc5Cl)cc4c3=O)C2=O)ccc1O. The molecule has 17 heteroatoms. The van der Waals surface area contributed by atoms with Gasteiger partial charge in [0.15, 0.2) is 17.3 Å². The molecular formula is C32H22Cl2N6O8S. The standard InChI is InChI=1S/C32H22Cl2N6O8S/c1-17-35-25-10-9-21(49(46,47)37-29-23(33)14-20(40(44)45)15-24(29)34)16-22(25)31(42)38(17)39-30(19-6-4-3-5-7-19)36-26(32(39)43)12-18-8-11-27(41)28(13-18)48-2/h3-16,37,41H,1-2H3/b26-12-. The van der Waals surface area contributed by atoms with Crippen molar-refractivity contribution in [2.24, 2.45) is 4.99 Å². The molecule has 0 atom stereocenters. The number of hydrogen-bond acceptors (Lipinski definition) is 10. The molecule has 2 heterocycles. The van der Waals surface area contributed by atoms with Gasteiger partial charge in [-0.2, -0.15) is 9.69 Å². The van der Waals surface area contributed by atoms with E-state index in [9.17, 15) is 33.2 Å². The zero-order valence-corrected chi connectivity index (χ0v) is 27.6. The summed E-state index contributed by atoms with van der Waals surface area (Å²) in [4.78, 5) is 47.3. The molecule has 1 amide bonds. The number of methoxy groups -OCH3 is 1. The fraction of sp³-hybridized carbons (Fsp3) is 0.0625. The number of amidine groups is 1. The number of aryl methyl sites for hydroxylation is 1. The first-order valence-electron chi connectivity index (χ1n) is 14.1. The minimum absolute atomic E-state index is 0.0459. The van der Waals surface area contributed by atoms with Crippen LogP contribution < -0.4 is 20.0 Å². The maximum atomic E-state index is 14.2. The van der Waals surface area contributed by atoms with Crippen molar-refractivity contribution in [1.29, 1.82) is 0 Å². The first-order chi connectivity index (χ1) is 23.3. The van der Waals surface area contributed by atoms with E-state index in [4.69, 9.17) is 27.9 Å². The van der Waals surface area contributed by atoms with Gasteiger partial charge in [0, 0.05) is 17.7 Å². The normalized spacial score (nSPS) is 14.0. The third kappa shape index (κ3) is 6.17. The van der Waals surface area contributed by atoms with E-state index in [-0.39, 0.29) is 60.4 Å². The number of aliphatic imine (C=N–C) groups is 1. The zero-order valence-electron chi connectivity index (χ0n) is 25.3. The summed E-state index contributed by atoms with van der Waals surface area (Å²) in [7, 11) is -3.08. The quantitative estimate of drug-likeness (QED) is 0.120. The number of fused-ring (bicyclic) bond motifs is 1. The first-order valence-corrected chi connectivity index (χ1v) is 16.3. The maximum absolute atomic E-state index is 14.2. The molecule has 248 valence electrons. The number of nitro groups is 1. The van der Waals surface area contributed by atoms with Gasteiger partial charge in [-0.05, 0) is 48.9 Å². The number of nitrogens with zero attached hydrogens (tertiary/aromatic N) is 5. The molecule has 0 radical (unpaired) electrons. The molecule has 5 aromatic rings. The number of nitro benzene ring substituents is 1. The van der Waals surface area contributed by atoms with Gasteiger partial charge in [0.25, 0.3) is 27.2 Å². The second-order valence-corrected chi connectivity index (χ2v) is 13.0. The van der Waals surface area contributed by atoms with Crippen LogP contribution in [0.2, 0.25) is 10.0 Å². The second kappa shape index (κ2) is 12.7. The van der Waals surface area contributed by atoms with Crippen LogP contribution >= 0.6 is 23.2 Å². The van der Waals surface area contributed by atoms with Gasteiger partial charge in [-0.1, -0.05) is 59.6 Å². The number of carbonyl (C=O) groups excluding carboxylic acids is 1. The summed E-state index contributed by atoms with van der Waals surface area (Å²) in [6, 6.07) is 18.6. The van der Waals surface area contributed by atoms with Crippen molar-refractivity contribution in [3.63, 3.8) is 0 Å². The van der Waals surface area contributed by atoms with Crippen LogP contribution in [0.25, 0.3) is 17.0 Å². The molecule has 14 nitrogen and oxygen atoms in total. The van der Waals surface area contributed by atoms with Gasteiger partial charge in [-0.25, -0.2) is 18.4 Å². The Balaban J connectivity index is 1.46. The highest BCUT2D eigenvalue weighted by atomic mass is 35.5. The predicted molar refractivity (Wildman–Crippen MR) is 184 cm³/mol. The number of aromatic nitrogens is 2. The Hall–Kier alpha value is -5.77. The Morgan fingerprint density at radius 3 is 2.35 bits per heavy atom. The van der Waals surface area contributed by atoms with E-state index >= 15 is 0 Å². The van der Waals surface area contributed by atoms with E-state index in [0.717, 1.165) is 27.9 Å². The molecule has 1 aliphatic rings. The number of ether oxygens (including phenoxy) is 1. The van der Waals surface area contributed by atoms with Gasteiger partial charge >= 0.3 is 0 Å². The summed E-state index contributed by atoms with van der Waals surface area (Å²) in [6.07, 6.45) is 1.47. The maximum Gasteiger partial charge on any atom is 0.297 e. The Morgan fingerprint density at radius 1 is 1.00 bits per heavy atom. The van der Waals surface area contributed by atoms with Crippen molar-refractivity contribution in [3.05, 3.63) is 132 Å². The smallest absolute Gasteiger partial charge is 0.297 e. The summed E-state index contributed by atoms with van der Waals surface area (Å²) in [5.74, 6) is -0.419. The Kier molecular flexibility index (Phi) is 8.58. The number of hydrogen-bond donors (Lipinski definition) is 2. The number of rotatable bonds is 8. The highest BCUT2D eigenvalue weighted by Crippen LogP contribution is 2.36. The fourth-order valence-corrected chi connectivity index (χ4v) is 6.84. The topological polar surface area (TPSA) is 186 Å². The summed E-state index contributed by atoms with van der Waals surface area (Å²) in [5, 5.41) is 21.4. The van der Waals surface area contributed by atoms with Crippen LogP contribution in [0.15, 0.2) is 99.2 Å². The van der Waals surface area contributed by atoms with Crippen LogP contribution in [-0.2, 0) is 14.8 Å². The monoisotopic (exact) mass is 720 g/mol. The largest absolute Gasteiger partial charge is 0.504 e. The molecule has 0 fully saturated rings. The molecule has 6 rings (SSSR count). The number of amides is 1. The van der Waals surface area contributed by atoms with Crippen molar-refractivity contribution >= 4 is 73.3 Å². The molecule has 0 bridgehead atoms. The zero-order chi connectivity index (χ0) is 35.2. The average molecular weight is 722 g/mol. The fourth-order valence-electron chi connectivity index (χ4n) is 5.03. The van der Waals surface area contributed by atoms with Crippen molar-refractivity contribution < 1.29 is 28.0 Å². The number of anilines is 1. The van der Waals surface area contributed by atoms with Crippen molar-refractivity contribution in [1.82, 2.24) is 9.66 Å². The van der Waals surface area contributed by atoms with E-state index < -0.39 is 32.1 Å². The number of benzene rings is 4. The van der Waals surface area contributed by atoms with Gasteiger partial charge in [0.2, 0.25) is 0 Å². The minimum Gasteiger partial charge on any atom is -0.504 e. The van der Waals surface area contributed by atoms with Crippen molar-refractivity contribution in [2.75, 3.05) is 16.8 Å². The van der Waals surface area contributed by atoms with Crippen LogP contribution in [0.5, 0.6) is 11.5 Å². The molecule has 4 aromatic carbocycles. The number of sulfonamides is 1. The van der Waals surface area contributed by atoms with E-state index in [1.807, 2.05) is 0 Å². The molecule has 0 saturated carbocycles. The molecule has 0 unspecified atom stereocenters. The second-order valence-electron chi connectivity index (χ2n) is 10.5. The first kappa shape index (κ1) is 33.1. The molecule has 1 aliphatic heterocycles. The molecule has 0 aliphatic carbocycles. The molecular weight excluding hydrogens is 699 g/mol. The lowest BCUT2D eigenvalue weighted by Crippen LogP contribution is -2.49. The summed E-state index contributed by atoms with van der Waals surface area (Å²) < 4.78 is 35.3. The molecule has 0 spiro atoms. The summed E-state index contributed by atoms with van der Waals surface area (Å²) in [6.45, 7) is 1.51. The van der Waals surface area contributed by atoms with E-state index in [1.54, 1.807) is 36.4 Å². The van der Waals surface area contributed by atoms with Gasteiger partial charge in [-0.15, -0.1) is 0 Å². The Morgan fingerprint density at radius 2 is 1.69 bits per heavy atom. The van der Waals surface area contributed by atoms with Crippen LogP contribution in [0.1, 0.15) is 17.0 Å². The van der Waals surface area contributed by atoms with Crippen LogP contribution in [0.3, 0.4) is 0 Å². The van der Waals surface area contributed by atoms with Crippen molar-refractivity contribution in [2.45, 2.75) is 11.8 Å². The van der Waals surface area contributed by atoms with Gasteiger partial charge in [0.1, 0.15) is 11.5 Å². The lowest BCUT2D eigenvalue weighted by atomic mass is 10.1. The van der Waals surface area contributed by atoms with Gasteiger partial charge in [0.05, 0.1) is 43.6 Å². The lowest BCUT2D eigenvalue weighted by molar-refractivity contribution is -0.384. The Bertz CT molecular complexity index is 2430. The highest BCUT2D eigenvalue weighted by molar-refractivity contribution is 7.92. The summed E-state index contributed by atoms with van der Waals surface area (Å²) >= 11 is 12.2. The minimum atomic E-state index is -4.46. The highest BCUT2D eigenvalue weighted by Gasteiger charge is 2.35. The number of aromatic hydroxyl groups is 1. The van der Waals surface area contributed by atoms with E-state index in [2.05, 4.69) is 14.7 Å². The number of nitrogens with one attached hydrogen (secondary N) is 1. The third-order valence-electron chi connectivity index (χ3n) is 7.34. The number of phenols is 1. The predicted octanol–water partition coefficient (Wildman–Crippen LogP) is 5.40. The number of phenolic OH excluding ortho intramolecular Hbond substituents is 1. The Labute approximate surface area is 287 Å². The van der Waals surface area contributed by atoms with Gasteiger partial charge < -0.3 is 9.84 Å². The average Bonchev–Trinajstić information content (AvgIpc) is 3.38. The van der Waals surface area contributed by atoms with E-state index in [0.29, 0.717) is 11.1 Å². The van der Waals surface area contributed by atoms with Crippen LogP contribution in [0.4, 0.5) is 11.4 Å². The van der Waals surface area contributed by atoms with E-state index in [1.165, 1.54) is 44.4 Å². The number of carbonyl (C=O) groups is 1. The number of non-ortho nitro benzene ring substituents is 1.